The van der Waals surface area contributed by atoms with Crippen LogP contribution in [0.3, 0.4) is 0 Å². The van der Waals surface area contributed by atoms with Gasteiger partial charge in [-0.3, -0.25) is 9.78 Å². The maximum Gasteiger partial charge on any atom is 0.354 e. The second-order valence-electron chi connectivity index (χ2n) is 3.54. The van der Waals surface area contributed by atoms with Crippen molar-refractivity contribution in [2.45, 2.75) is 0 Å². The van der Waals surface area contributed by atoms with E-state index in [-0.39, 0.29) is 11.2 Å². The van der Waals surface area contributed by atoms with E-state index >= 15 is 0 Å². The minimum absolute atomic E-state index is 0. The summed E-state index contributed by atoms with van der Waals surface area (Å²) in [5.74, 6) is -1.48. The van der Waals surface area contributed by atoms with Crippen LogP contribution in [0.15, 0.2) is 33.9 Å². The van der Waals surface area contributed by atoms with Crippen LogP contribution in [0.2, 0.25) is 10.0 Å². The van der Waals surface area contributed by atoms with E-state index in [0.717, 1.165) is 4.57 Å². The number of aromatic carboxylic acids is 1. The lowest BCUT2D eigenvalue weighted by molar-refractivity contribution is 0.0689. The zero-order valence-electron chi connectivity index (χ0n) is 9.68. The second-order valence-corrected chi connectivity index (χ2v) is 4.36. The summed E-state index contributed by atoms with van der Waals surface area (Å²) in [7, 11) is 0. The molecule has 20 heavy (non-hydrogen) atoms. The fraction of sp³-hybridized carbons (Fsp3) is 0. The molecule has 7 nitrogen and oxygen atoms in total. The summed E-state index contributed by atoms with van der Waals surface area (Å²) in [6.07, 6.45) is 0. The van der Waals surface area contributed by atoms with Gasteiger partial charge >= 0.3 is 11.7 Å². The fourth-order valence-corrected chi connectivity index (χ4v) is 1.83. The quantitative estimate of drug-likeness (QED) is 0.845. The van der Waals surface area contributed by atoms with Gasteiger partial charge in [0.2, 0.25) is 0 Å². The van der Waals surface area contributed by atoms with Crippen LogP contribution in [0.5, 0.6) is 0 Å². The van der Waals surface area contributed by atoms with Crippen LogP contribution in [-0.2, 0) is 0 Å². The molecule has 0 amide bonds. The third kappa shape index (κ3) is 2.74. The van der Waals surface area contributed by atoms with Crippen molar-refractivity contribution in [3.8, 4) is 5.69 Å². The summed E-state index contributed by atoms with van der Waals surface area (Å²) < 4.78 is 0.727. The molecule has 0 atom stereocenters. The lowest BCUT2D eigenvalue weighted by Crippen LogP contribution is -2.36. The maximum atomic E-state index is 11.9. The zero-order valence-corrected chi connectivity index (χ0v) is 11.2. The first-order chi connectivity index (χ1) is 8.91. The Morgan fingerprint density at radius 1 is 1.15 bits per heavy atom. The van der Waals surface area contributed by atoms with Crippen LogP contribution in [0, 0.1) is 0 Å². The van der Waals surface area contributed by atoms with Crippen molar-refractivity contribution >= 4 is 29.2 Å². The standard InChI is InChI=1S/C11H6Cl2N2O4.H2O/c12-5-1-3-6(4-2-5)15-9(16)7(13)8(10(17)18)14-11(15)19;/h1-4H,(H,14,19)(H,17,18);1H2. The van der Waals surface area contributed by atoms with Gasteiger partial charge in [-0.25, -0.2) is 14.2 Å². The number of nitrogens with one attached hydrogen (secondary N) is 1. The summed E-state index contributed by atoms with van der Waals surface area (Å²) in [5, 5.41) is 8.66. The normalized spacial score (nSPS) is 9.90. The summed E-state index contributed by atoms with van der Waals surface area (Å²) in [5.41, 5.74) is -2.21. The van der Waals surface area contributed by atoms with E-state index in [1.54, 1.807) is 0 Å². The molecule has 9 heteroatoms. The minimum Gasteiger partial charge on any atom is -0.477 e. The number of hydrogen-bond donors (Lipinski definition) is 2. The first-order valence-corrected chi connectivity index (χ1v) is 5.71. The Kier molecular flexibility index (Phi) is 4.72. The van der Waals surface area contributed by atoms with Crippen molar-refractivity contribution < 1.29 is 15.4 Å². The van der Waals surface area contributed by atoms with E-state index in [1.807, 2.05) is 4.98 Å². The molecule has 106 valence electrons. The monoisotopic (exact) mass is 318 g/mol. The number of aromatic amines is 1. The first-order valence-electron chi connectivity index (χ1n) is 4.96. The number of halogens is 2. The molecule has 1 heterocycles. The summed E-state index contributed by atoms with van der Waals surface area (Å²) >= 11 is 11.3. The highest BCUT2D eigenvalue weighted by Crippen LogP contribution is 2.12. The molecule has 0 fully saturated rings. The molecule has 2 aromatic rings. The van der Waals surface area contributed by atoms with Crippen molar-refractivity contribution in [2.24, 2.45) is 0 Å². The third-order valence-corrected chi connectivity index (χ3v) is 2.95. The van der Waals surface area contributed by atoms with Gasteiger partial charge in [0.05, 0.1) is 5.69 Å². The van der Waals surface area contributed by atoms with Crippen LogP contribution in [0.1, 0.15) is 10.5 Å². The van der Waals surface area contributed by atoms with Crippen molar-refractivity contribution in [3.63, 3.8) is 0 Å². The molecule has 0 saturated heterocycles. The summed E-state index contributed by atoms with van der Waals surface area (Å²) in [4.78, 5) is 36.5. The van der Waals surface area contributed by atoms with Gasteiger partial charge < -0.3 is 10.6 Å². The van der Waals surface area contributed by atoms with Crippen molar-refractivity contribution in [3.05, 3.63) is 60.8 Å². The molecule has 4 N–H and O–H groups in total. The van der Waals surface area contributed by atoms with Crippen LogP contribution in [0.25, 0.3) is 5.69 Å². The van der Waals surface area contributed by atoms with Gasteiger partial charge in [0.15, 0.2) is 5.69 Å². The van der Waals surface area contributed by atoms with Crippen molar-refractivity contribution in [1.29, 1.82) is 0 Å². The Morgan fingerprint density at radius 3 is 2.20 bits per heavy atom. The largest absolute Gasteiger partial charge is 0.477 e. The lowest BCUT2D eigenvalue weighted by Gasteiger charge is -2.06. The predicted octanol–water partition coefficient (Wildman–Crippen LogP) is 0.706. The number of carboxylic acid groups (broad SMARTS) is 1. The average Bonchev–Trinajstić information content (AvgIpc) is 2.36. The number of aromatic nitrogens is 2. The van der Waals surface area contributed by atoms with E-state index in [2.05, 4.69) is 0 Å². The molecular formula is C11H8Cl2N2O5. The van der Waals surface area contributed by atoms with Crippen molar-refractivity contribution in [2.75, 3.05) is 0 Å². The molecule has 2 rings (SSSR count). The van der Waals surface area contributed by atoms with Crippen LogP contribution >= 0.6 is 23.2 Å². The van der Waals surface area contributed by atoms with E-state index in [1.165, 1.54) is 24.3 Å². The van der Waals surface area contributed by atoms with Crippen LogP contribution in [-0.4, -0.2) is 26.1 Å². The number of H-pyrrole nitrogens is 1. The Morgan fingerprint density at radius 2 is 1.70 bits per heavy atom. The molecule has 0 radical (unpaired) electrons. The van der Waals surface area contributed by atoms with Crippen molar-refractivity contribution in [1.82, 2.24) is 9.55 Å². The topological polar surface area (TPSA) is 124 Å². The molecule has 1 aromatic heterocycles. The average molecular weight is 319 g/mol. The lowest BCUT2D eigenvalue weighted by atomic mass is 10.3. The van der Waals surface area contributed by atoms with Gasteiger partial charge in [-0.1, -0.05) is 23.2 Å². The Hall–Kier alpha value is -2.09. The first kappa shape index (κ1) is 16.0. The molecule has 0 aliphatic rings. The number of benzene rings is 1. The number of nitrogens with zero attached hydrogens (tertiary/aromatic N) is 1. The molecule has 0 bridgehead atoms. The number of hydrogen-bond acceptors (Lipinski definition) is 3. The van der Waals surface area contributed by atoms with Crippen LogP contribution < -0.4 is 11.2 Å². The van der Waals surface area contributed by atoms with Gasteiger partial charge in [0, 0.05) is 5.02 Å². The van der Waals surface area contributed by atoms with E-state index < -0.39 is 27.9 Å². The van der Waals surface area contributed by atoms with Gasteiger partial charge in [-0.15, -0.1) is 0 Å². The second kappa shape index (κ2) is 5.91. The molecule has 0 spiro atoms. The Labute approximate surface area is 121 Å². The summed E-state index contributed by atoms with van der Waals surface area (Å²) in [6, 6.07) is 5.86. The van der Waals surface area contributed by atoms with Gasteiger partial charge in [0.1, 0.15) is 5.02 Å². The van der Waals surface area contributed by atoms with E-state index in [9.17, 15) is 14.4 Å². The van der Waals surface area contributed by atoms with Gasteiger partial charge in [-0.05, 0) is 24.3 Å². The Balaban J connectivity index is 0.00000200. The predicted molar refractivity (Wildman–Crippen MR) is 73.3 cm³/mol. The van der Waals surface area contributed by atoms with E-state index in [0.29, 0.717) is 5.02 Å². The number of carbonyl (C=O) groups is 1. The van der Waals surface area contributed by atoms with Gasteiger partial charge in [-0.2, -0.15) is 0 Å². The Bertz CT molecular complexity index is 764. The number of rotatable bonds is 2. The summed E-state index contributed by atoms with van der Waals surface area (Å²) in [6.45, 7) is 0. The van der Waals surface area contributed by atoms with Crippen LogP contribution in [0.4, 0.5) is 0 Å². The molecular weight excluding hydrogens is 311 g/mol. The fourth-order valence-electron chi connectivity index (χ4n) is 1.49. The SMILES string of the molecule is O.O=C(O)c1[nH]c(=O)n(-c2ccc(Cl)cc2)c(=O)c1Cl. The zero-order chi connectivity index (χ0) is 14.2. The maximum absolute atomic E-state index is 11.9. The third-order valence-electron chi connectivity index (χ3n) is 2.34. The smallest absolute Gasteiger partial charge is 0.354 e. The van der Waals surface area contributed by atoms with Gasteiger partial charge in [0.25, 0.3) is 5.56 Å². The molecule has 0 unspecified atom stereocenters. The molecule has 0 aliphatic heterocycles. The van der Waals surface area contributed by atoms with E-state index in [4.69, 9.17) is 28.3 Å². The minimum atomic E-state index is -1.48. The number of carboxylic acids is 1. The highest BCUT2D eigenvalue weighted by molar-refractivity contribution is 6.33. The highest BCUT2D eigenvalue weighted by atomic mass is 35.5. The molecule has 1 aromatic carbocycles. The highest BCUT2D eigenvalue weighted by Gasteiger charge is 2.17. The molecule has 0 aliphatic carbocycles. The molecule has 0 saturated carbocycles.